The van der Waals surface area contributed by atoms with Crippen molar-refractivity contribution in [1.82, 2.24) is 25.1 Å². The predicted octanol–water partition coefficient (Wildman–Crippen LogP) is 1.59. The third-order valence-corrected chi connectivity index (χ3v) is 4.17. The van der Waals surface area contributed by atoms with Crippen molar-refractivity contribution in [2.75, 3.05) is 5.32 Å². The topological polar surface area (TPSA) is 99.3 Å². The molecule has 0 saturated heterocycles. The van der Waals surface area contributed by atoms with Crippen LogP contribution in [0.25, 0.3) is 10.2 Å². The minimum atomic E-state index is -0.310. The average molecular weight is 290 g/mol. The molecule has 0 aliphatic carbocycles. The molecule has 3 N–H and O–H groups in total. The van der Waals surface area contributed by atoms with E-state index in [4.69, 9.17) is 0 Å². The van der Waals surface area contributed by atoms with Crippen LogP contribution in [-0.4, -0.2) is 25.1 Å². The van der Waals surface area contributed by atoms with Crippen LogP contribution < -0.4 is 11.0 Å². The zero-order valence-corrected chi connectivity index (χ0v) is 12.0. The van der Waals surface area contributed by atoms with Crippen molar-refractivity contribution in [3.05, 3.63) is 33.1 Å². The summed E-state index contributed by atoms with van der Waals surface area (Å²) in [4.78, 5) is 24.5. The second-order valence-electron chi connectivity index (χ2n) is 4.37. The molecule has 0 atom stereocenters. The van der Waals surface area contributed by atoms with Crippen LogP contribution in [-0.2, 0) is 13.0 Å². The van der Waals surface area contributed by atoms with Gasteiger partial charge in [0, 0.05) is 4.88 Å². The van der Waals surface area contributed by atoms with Gasteiger partial charge in [-0.3, -0.25) is 4.98 Å². The summed E-state index contributed by atoms with van der Waals surface area (Å²) in [6.45, 7) is 4.62. The highest BCUT2D eigenvalue weighted by Gasteiger charge is 2.13. The van der Waals surface area contributed by atoms with E-state index >= 15 is 0 Å². The van der Waals surface area contributed by atoms with Gasteiger partial charge in [0.2, 0.25) is 0 Å². The van der Waals surface area contributed by atoms with Crippen molar-refractivity contribution < 1.29 is 0 Å². The van der Waals surface area contributed by atoms with Gasteiger partial charge in [-0.2, -0.15) is 5.10 Å². The van der Waals surface area contributed by atoms with E-state index in [1.165, 1.54) is 10.4 Å². The molecular formula is C12H14N6OS. The molecule has 3 aromatic heterocycles. The number of nitrogens with zero attached hydrogens (tertiary/aromatic N) is 3. The molecule has 0 aliphatic rings. The Morgan fingerprint density at radius 1 is 1.40 bits per heavy atom. The average Bonchev–Trinajstić information content (AvgIpc) is 2.98. The second kappa shape index (κ2) is 5.04. The van der Waals surface area contributed by atoms with Gasteiger partial charge < -0.3 is 5.32 Å². The zero-order valence-electron chi connectivity index (χ0n) is 11.1. The first kappa shape index (κ1) is 12.8. The lowest BCUT2D eigenvalue weighted by molar-refractivity contribution is 0.947. The molecule has 20 heavy (non-hydrogen) atoms. The lowest BCUT2D eigenvalue weighted by atomic mass is 10.1. The molecule has 0 bridgehead atoms. The SMILES string of the molecule is CCc1c(C)sc2ncnc(NCc3n[nH]c(=O)[nH]3)c12. The molecule has 0 amide bonds. The molecule has 0 radical (unpaired) electrons. The number of aryl methyl sites for hydroxylation is 2. The van der Waals surface area contributed by atoms with Gasteiger partial charge in [0.05, 0.1) is 11.9 Å². The highest BCUT2D eigenvalue weighted by molar-refractivity contribution is 7.18. The monoisotopic (exact) mass is 290 g/mol. The summed E-state index contributed by atoms with van der Waals surface area (Å²) in [6, 6.07) is 0. The summed E-state index contributed by atoms with van der Waals surface area (Å²) < 4.78 is 0. The largest absolute Gasteiger partial charge is 0.362 e. The molecule has 3 aromatic rings. The van der Waals surface area contributed by atoms with Crippen molar-refractivity contribution in [3.63, 3.8) is 0 Å². The van der Waals surface area contributed by atoms with Crippen LogP contribution in [0.15, 0.2) is 11.1 Å². The first-order chi connectivity index (χ1) is 9.69. The number of aromatic amines is 2. The predicted molar refractivity (Wildman–Crippen MR) is 78.1 cm³/mol. The van der Waals surface area contributed by atoms with E-state index in [0.717, 1.165) is 22.5 Å². The molecule has 7 nitrogen and oxygen atoms in total. The Balaban J connectivity index is 1.96. The van der Waals surface area contributed by atoms with E-state index in [0.29, 0.717) is 12.4 Å². The zero-order chi connectivity index (χ0) is 14.1. The maximum absolute atomic E-state index is 11.0. The minimum absolute atomic E-state index is 0.310. The summed E-state index contributed by atoms with van der Waals surface area (Å²) in [5.74, 6) is 1.33. The molecule has 3 rings (SSSR count). The van der Waals surface area contributed by atoms with Crippen molar-refractivity contribution in [2.24, 2.45) is 0 Å². The van der Waals surface area contributed by atoms with E-state index in [-0.39, 0.29) is 5.69 Å². The van der Waals surface area contributed by atoms with Crippen molar-refractivity contribution in [3.8, 4) is 0 Å². The van der Waals surface area contributed by atoms with E-state index in [9.17, 15) is 4.79 Å². The molecular weight excluding hydrogens is 276 g/mol. The highest BCUT2D eigenvalue weighted by atomic mass is 32.1. The molecule has 0 saturated carbocycles. The Morgan fingerprint density at radius 2 is 2.25 bits per heavy atom. The fourth-order valence-corrected chi connectivity index (χ4v) is 3.30. The van der Waals surface area contributed by atoms with Gasteiger partial charge in [-0.25, -0.2) is 19.9 Å². The van der Waals surface area contributed by atoms with Crippen LogP contribution in [0.3, 0.4) is 0 Å². The van der Waals surface area contributed by atoms with Gasteiger partial charge in [-0.05, 0) is 18.9 Å². The van der Waals surface area contributed by atoms with Crippen molar-refractivity contribution in [2.45, 2.75) is 26.8 Å². The lowest BCUT2D eigenvalue weighted by Crippen LogP contribution is -2.06. The van der Waals surface area contributed by atoms with Crippen molar-refractivity contribution in [1.29, 1.82) is 0 Å². The van der Waals surface area contributed by atoms with Crippen LogP contribution in [0.1, 0.15) is 23.2 Å². The van der Waals surface area contributed by atoms with Crippen molar-refractivity contribution >= 4 is 27.4 Å². The summed E-state index contributed by atoms with van der Waals surface area (Å²) in [5, 5.41) is 10.5. The van der Waals surface area contributed by atoms with Gasteiger partial charge in [-0.1, -0.05) is 6.92 Å². The second-order valence-corrected chi connectivity index (χ2v) is 5.57. The number of aromatic nitrogens is 5. The van der Waals surface area contributed by atoms with Gasteiger partial charge in [0.25, 0.3) is 0 Å². The summed E-state index contributed by atoms with van der Waals surface area (Å²) in [7, 11) is 0. The van der Waals surface area contributed by atoms with Crippen LogP contribution in [0, 0.1) is 6.92 Å². The quantitative estimate of drug-likeness (QED) is 0.677. The van der Waals surface area contributed by atoms with E-state index < -0.39 is 0 Å². The van der Waals surface area contributed by atoms with E-state index in [2.05, 4.69) is 44.3 Å². The molecule has 0 fully saturated rings. The molecule has 3 heterocycles. The number of H-pyrrole nitrogens is 2. The van der Waals surface area contributed by atoms with E-state index in [1.807, 2.05) is 0 Å². The van der Waals surface area contributed by atoms with Crippen LogP contribution in [0.4, 0.5) is 5.82 Å². The van der Waals surface area contributed by atoms with Gasteiger partial charge in [0.15, 0.2) is 0 Å². The Labute approximate surface area is 118 Å². The Morgan fingerprint density at radius 3 is 2.95 bits per heavy atom. The molecule has 0 aliphatic heterocycles. The molecule has 8 heteroatoms. The number of fused-ring (bicyclic) bond motifs is 1. The fourth-order valence-electron chi connectivity index (χ4n) is 2.22. The third-order valence-electron chi connectivity index (χ3n) is 3.12. The number of hydrogen-bond acceptors (Lipinski definition) is 6. The van der Waals surface area contributed by atoms with Crippen LogP contribution >= 0.6 is 11.3 Å². The first-order valence-corrected chi connectivity index (χ1v) is 7.11. The maximum Gasteiger partial charge on any atom is 0.340 e. The highest BCUT2D eigenvalue weighted by Crippen LogP contribution is 2.33. The van der Waals surface area contributed by atoms with Crippen LogP contribution in [0.2, 0.25) is 0 Å². The standard InChI is InChI=1S/C12H14N6OS/c1-3-7-6(2)20-11-9(7)10(14-5-15-11)13-4-8-16-12(19)18-17-8/h5H,3-4H2,1-2H3,(H,13,14,15)(H2,16,17,18,19). The molecule has 104 valence electrons. The Bertz CT molecular complexity index is 802. The lowest BCUT2D eigenvalue weighted by Gasteiger charge is -2.06. The summed E-state index contributed by atoms with van der Waals surface area (Å²) in [5.41, 5.74) is 0.957. The van der Waals surface area contributed by atoms with Gasteiger partial charge >= 0.3 is 5.69 Å². The fraction of sp³-hybridized carbons (Fsp3) is 0.333. The maximum atomic E-state index is 11.0. The van der Waals surface area contributed by atoms with Gasteiger partial charge in [-0.15, -0.1) is 11.3 Å². The number of anilines is 1. The van der Waals surface area contributed by atoms with Gasteiger partial charge in [0.1, 0.15) is 22.8 Å². The van der Waals surface area contributed by atoms with E-state index in [1.54, 1.807) is 17.7 Å². The third kappa shape index (κ3) is 2.18. The Kier molecular flexibility index (Phi) is 3.23. The van der Waals surface area contributed by atoms with Crippen LogP contribution in [0.5, 0.6) is 0 Å². The molecule has 0 unspecified atom stereocenters. The number of rotatable bonds is 4. The molecule has 0 spiro atoms. The first-order valence-electron chi connectivity index (χ1n) is 6.29. The normalized spacial score (nSPS) is 11.1. The summed E-state index contributed by atoms with van der Waals surface area (Å²) in [6.07, 6.45) is 2.49. The number of thiophene rings is 1. The molecule has 0 aromatic carbocycles. The smallest absolute Gasteiger partial charge is 0.340 e. The number of nitrogens with one attached hydrogen (secondary N) is 3. The summed E-state index contributed by atoms with van der Waals surface area (Å²) >= 11 is 1.67. The number of hydrogen-bond donors (Lipinski definition) is 3. The Hall–Kier alpha value is -2.22. The minimum Gasteiger partial charge on any atom is -0.362 e.